The SMILES string of the molecule is O=c1ccc(-c2ccc([N+](=O)[O-])cc2)nn1Cc1ccc(Cl)c(Cl)c1. The minimum atomic E-state index is -0.470. The number of nitrogens with zero attached hydrogens (tertiary/aromatic N) is 3. The zero-order valence-electron chi connectivity index (χ0n) is 12.7. The van der Waals surface area contributed by atoms with Gasteiger partial charge in [0.05, 0.1) is 27.2 Å². The molecule has 8 heteroatoms. The molecule has 0 atom stereocenters. The van der Waals surface area contributed by atoms with Gasteiger partial charge in [0.15, 0.2) is 0 Å². The van der Waals surface area contributed by atoms with Crippen LogP contribution in [-0.2, 0) is 6.54 Å². The second-order valence-electron chi connectivity index (χ2n) is 5.27. The molecule has 0 fully saturated rings. The zero-order chi connectivity index (χ0) is 18.0. The van der Waals surface area contributed by atoms with E-state index in [9.17, 15) is 14.9 Å². The van der Waals surface area contributed by atoms with E-state index in [-0.39, 0.29) is 17.8 Å². The van der Waals surface area contributed by atoms with Gasteiger partial charge in [0.2, 0.25) is 0 Å². The predicted molar refractivity (Wildman–Crippen MR) is 96.2 cm³/mol. The van der Waals surface area contributed by atoms with E-state index >= 15 is 0 Å². The van der Waals surface area contributed by atoms with Gasteiger partial charge in [0.1, 0.15) is 0 Å². The molecule has 0 unspecified atom stereocenters. The molecule has 3 aromatic rings. The molecule has 1 heterocycles. The first kappa shape index (κ1) is 17.1. The molecule has 0 aliphatic heterocycles. The van der Waals surface area contributed by atoms with Crippen molar-refractivity contribution in [1.29, 1.82) is 0 Å². The largest absolute Gasteiger partial charge is 0.269 e. The molecule has 0 saturated carbocycles. The minimum absolute atomic E-state index is 0.00659. The summed E-state index contributed by atoms with van der Waals surface area (Å²) in [6, 6.07) is 14.1. The molecule has 0 spiro atoms. The lowest BCUT2D eigenvalue weighted by Gasteiger charge is -2.08. The maximum Gasteiger partial charge on any atom is 0.269 e. The minimum Gasteiger partial charge on any atom is -0.268 e. The van der Waals surface area contributed by atoms with E-state index in [1.165, 1.54) is 22.9 Å². The average molecular weight is 376 g/mol. The summed E-state index contributed by atoms with van der Waals surface area (Å²) >= 11 is 11.9. The molecule has 0 N–H and O–H groups in total. The highest BCUT2D eigenvalue weighted by atomic mass is 35.5. The lowest BCUT2D eigenvalue weighted by Crippen LogP contribution is -2.22. The van der Waals surface area contributed by atoms with Crippen molar-refractivity contribution in [3.05, 3.63) is 90.7 Å². The van der Waals surface area contributed by atoms with E-state index in [0.717, 1.165) is 5.56 Å². The molecule has 3 rings (SSSR count). The van der Waals surface area contributed by atoms with Gasteiger partial charge in [-0.15, -0.1) is 0 Å². The number of benzene rings is 2. The van der Waals surface area contributed by atoms with E-state index in [4.69, 9.17) is 23.2 Å². The number of non-ortho nitro benzene ring substituents is 1. The molecule has 126 valence electrons. The summed E-state index contributed by atoms with van der Waals surface area (Å²) in [5.41, 5.74) is 1.72. The molecule has 0 aliphatic carbocycles. The lowest BCUT2D eigenvalue weighted by atomic mass is 10.1. The Morgan fingerprint density at radius 1 is 1.00 bits per heavy atom. The Bertz CT molecular complexity index is 1000. The number of nitro benzene ring substituents is 1. The molecule has 0 amide bonds. The summed E-state index contributed by atoms with van der Waals surface area (Å²) in [5.74, 6) is 0. The number of nitro groups is 1. The van der Waals surface area contributed by atoms with Gasteiger partial charge in [-0.1, -0.05) is 29.3 Å². The van der Waals surface area contributed by atoms with Crippen LogP contribution in [0, 0.1) is 10.1 Å². The summed E-state index contributed by atoms with van der Waals surface area (Å²) in [5, 5.41) is 15.9. The fraction of sp³-hybridized carbons (Fsp3) is 0.0588. The van der Waals surface area contributed by atoms with Crippen LogP contribution >= 0.6 is 23.2 Å². The van der Waals surface area contributed by atoms with Crippen molar-refractivity contribution in [3.8, 4) is 11.3 Å². The third-order valence-electron chi connectivity index (χ3n) is 3.56. The Hall–Kier alpha value is -2.70. The molecular weight excluding hydrogens is 365 g/mol. The Morgan fingerprint density at radius 3 is 2.36 bits per heavy atom. The van der Waals surface area contributed by atoms with Crippen molar-refractivity contribution in [2.24, 2.45) is 0 Å². The number of halogens is 2. The normalized spacial score (nSPS) is 10.6. The maximum absolute atomic E-state index is 12.1. The highest BCUT2D eigenvalue weighted by molar-refractivity contribution is 6.42. The third-order valence-corrected chi connectivity index (χ3v) is 4.30. The van der Waals surface area contributed by atoms with Crippen molar-refractivity contribution in [1.82, 2.24) is 9.78 Å². The summed E-state index contributed by atoms with van der Waals surface area (Å²) in [6.07, 6.45) is 0. The zero-order valence-corrected chi connectivity index (χ0v) is 14.2. The third kappa shape index (κ3) is 3.87. The molecule has 0 radical (unpaired) electrons. The number of hydrogen-bond acceptors (Lipinski definition) is 4. The second-order valence-corrected chi connectivity index (χ2v) is 6.08. The van der Waals surface area contributed by atoms with Crippen molar-refractivity contribution in [2.75, 3.05) is 0 Å². The van der Waals surface area contributed by atoms with Crippen molar-refractivity contribution < 1.29 is 4.92 Å². The van der Waals surface area contributed by atoms with Crippen LogP contribution in [-0.4, -0.2) is 14.7 Å². The fourth-order valence-electron chi connectivity index (χ4n) is 2.28. The lowest BCUT2D eigenvalue weighted by molar-refractivity contribution is -0.384. The van der Waals surface area contributed by atoms with Gasteiger partial charge in [-0.05, 0) is 35.9 Å². The molecule has 25 heavy (non-hydrogen) atoms. The van der Waals surface area contributed by atoms with E-state index in [1.807, 2.05) is 0 Å². The van der Waals surface area contributed by atoms with Crippen LogP contribution < -0.4 is 5.56 Å². The molecule has 0 bridgehead atoms. The highest BCUT2D eigenvalue weighted by Gasteiger charge is 2.08. The van der Waals surface area contributed by atoms with Gasteiger partial charge in [-0.25, -0.2) is 4.68 Å². The molecule has 1 aromatic heterocycles. The first-order chi connectivity index (χ1) is 11.9. The van der Waals surface area contributed by atoms with Gasteiger partial charge < -0.3 is 0 Å². The first-order valence-corrected chi connectivity index (χ1v) is 7.96. The summed E-state index contributed by atoms with van der Waals surface area (Å²) in [6.45, 7) is 0.233. The molecule has 2 aromatic carbocycles. The topological polar surface area (TPSA) is 78.0 Å². The summed E-state index contributed by atoms with van der Waals surface area (Å²) in [4.78, 5) is 22.3. The monoisotopic (exact) mass is 375 g/mol. The van der Waals surface area contributed by atoms with E-state index in [0.29, 0.717) is 21.3 Å². The first-order valence-electron chi connectivity index (χ1n) is 7.21. The quantitative estimate of drug-likeness (QED) is 0.506. The smallest absolute Gasteiger partial charge is 0.268 e. The molecule has 0 aliphatic rings. The van der Waals surface area contributed by atoms with E-state index < -0.39 is 4.92 Å². The standard InChI is InChI=1S/C17H11Cl2N3O3/c18-14-6-1-11(9-15(14)19)10-21-17(23)8-7-16(20-21)12-2-4-13(5-3-12)22(24)25/h1-9H,10H2. The van der Waals surface area contributed by atoms with Gasteiger partial charge in [0.25, 0.3) is 11.2 Å². The Labute approximate surface area is 152 Å². The average Bonchev–Trinajstić information content (AvgIpc) is 2.60. The maximum atomic E-state index is 12.1. The number of rotatable bonds is 4. The van der Waals surface area contributed by atoms with Gasteiger partial charge in [-0.2, -0.15) is 5.10 Å². The van der Waals surface area contributed by atoms with Crippen LogP contribution in [0.2, 0.25) is 10.0 Å². The number of hydrogen-bond donors (Lipinski definition) is 0. The van der Waals surface area contributed by atoms with Crippen molar-refractivity contribution in [3.63, 3.8) is 0 Å². The van der Waals surface area contributed by atoms with Crippen molar-refractivity contribution in [2.45, 2.75) is 6.54 Å². The fourth-order valence-corrected chi connectivity index (χ4v) is 2.60. The number of aromatic nitrogens is 2. The highest BCUT2D eigenvalue weighted by Crippen LogP contribution is 2.23. The Kier molecular flexibility index (Phi) is 4.83. The molecule has 6 nitrogen and oxygen atoms in total. The summed E-state index contributed by atoms with van der Waals surface area (Å²) < 4.78 is 1.30. The van der Waals surface area contributed by atoms with E-state index in [2.05, 4.69) is 5.10 Å². The van der Waals surface area contributed by atoms with E-state index in [1.54, 1.807) is 36.4 Å². The van der Waals surface area contributed by atoms with Gasteiger partial charge >= 0.3 is 0 Å². The molecular formula is C17H11Cl2N3O3. The summed E-state index contributed by atoms with van der Waals surface area (Å²) in [7, 11) is 0. The van der Waals surface area contributed by atoms with Crippen LogP contribution in [0.4, 0.5) is 5.69 Å². The molecule has 0 saturated heterocycles. The van der Waals surface area contributed by atoms with Crippen LogP contribution in [0.1, 0.15) is 5.56 Å². The Morgan fingerprint density at radius 2 is 1.72 bits per heavy atom. The predicted octanol–water partition coefficient (Wildman–Crippen LogP) is 4.17. The second kappa shape index (κ2) is 7.04. The van der Waals surface area contributed by atoms with Crippen molar-refractivity contribution >= 4 is 28.9 Å². The van der Waals surface area contributed by atoms with Crippen LogP contribution in [0.25, 0.3) is 11.3 Å². The Balaban J connectivity index is 1.93. The van der Waals surface area contributed by atoms with Crippen LogP contribution in [0.15, 0.2) is 59.4 Å². The van der Waals surface area contributed by atoms with Gasteiger partial charge in [-0.3, -0.25) is 14.9 Å². The van der Waals surface area contributed by atoms with Gasteiger partial charge in [0, 0.05) is 23.8 Å². The van der Waals surface area contributed by atoms with Crippen LogP contribution in [0.3, 0.4) is 0 Å². The van der Waals surface area contributed by atoms with Crippen LogP contribution in [0.5, 0.6) is 0 Å².